The highest BCUT2D eigenvalue weighted by atomic mass is 35.5. The van der Waals surface area contributed by atoms with Crippen molar-refractivity contribution in [2.45, 2.75) is 18.9 Å². The number of halogens is 1. The van der Waals surface area contributed by atoms with E-state index < -0.39 is 0 Å². The van der Waals surface area contributed by atoms with E-state index in [1.165, 1.54) is 0 Å². The monoisotopic (exact) mass is 339 g/mol. The highest BCUT2D eigenvalue weighted by Gasteiger charge is 2.30. The van der Waals surface area contributed by atoms with Crippen LogP contribution in [0.3, 0.4) is 0 Å². The Hall–Kier alpha value is -1.30. The molecule has 1 aromatic carbocycles. The zero-order valence-corrected chi connectivity index (χ0v) is 14.5. The van der Waals surface area contributed by atoms with Crippen LogP contribution in [0.1, 0.15) is 12.0 Å². The molecular weight excluding hydrogens is 314 g/mol. The zero-order chi connectivity index (χ0) is 15.4. The molecule has 2 saturated heterocycles. The number of nitrogens with one attached hydrogen (secondary N) is 1. The molecule has 0 aliphatic carbocycles. The molecule has 2 aliphatic rings. The van der Waals surface area contributed by atoms with Gasteiger partial charge in [-0.2, -0.15) is 0 Å². The first-order chi connectivity index (χ1) is 10.8. The van der Waals surface area contributed by atoms with Crippen molar-refractivity contribution in [3.63, 3.8) is 0 Å². The van der Waals surface area contributed by atoms with Gasteiger partial charge >= 0.3 is 0 Å². The number of hydrogen-bond acceptors (Lipinski definition) is 4. The molecule has 1 atom stereocenters. The van der Waals surface area contributed by atoms with Crippen LogP contribution in [-0.2, 0) is 11.2 Å². The normalized spacial score (nSPS) is 21.8. The van der Waals surface area contributed by atoms with Gasteiger partial charge in [0.15, 0.2) is 0 Å². The maximum atomic E-state index is 12.5. The summed E-state index contributed by atoms with van der Waals surface area (Å²) in [5, 5.41) is 3.38. The third-order valence-electron chi connectivity index (χ3n) is 4.70. The fourth-order valence-electron chi connectivity index (χ4n) is 3.34. The van der Waals surface area contributed by atoms with Gasteiger partial charge in [-0.25, -0.2) is 0 Å². The number of piperazine rings is 1. The summed E-state index contributed by atoms with van der Waals surface area (Å²) in [5.74, 6) is 1.07. The standard InChI is InChI=1S/C17H25N3O2.ClH/c1-22-16-4-2-14(3-5-16)12-17(21)20-9-6-15(13-20)19-10-7-18-8-11-19;/h2-5,15,18H,6-13H2,1H3;1H. The topological polar surface area (TPSA) is 44.8 Å². The Bertz CT molecular complexity index is 503. The van der Waals surface area contributed by atoms with E-state index >= 15 is 0 Å². The van der Waals surface area contributed by atoms with Crippen molar-refractivity contribution in [3.8, 4) is 5.75 Å². The molecule has 0 radical (unpaired) electrons. The largest absolute Gasteiger partial charge is 0.497 e. The third kappa shape index (κ3) is 4.59. The predicted octanol–water partition coefficient (Wildman–Crippen LogP) is 1.17. The van der Waals surface area contributed by atoms with Gasteiger partial charge in [0.2, 0.25) is 5.91 Å². The maximum Gasteiger partial charge on any atom is 0.227 e. The Morgan fingerprint density at radius 1 is 1.22 bits per heavy atom. The van der Waals surface area contributed by atoms with Crippen LogP contribution in [0.15, 0.2) is 24.3 Å². The van der Waals surface area contributed by atoms with Crippen molar-refractivity contribution < 1.29 is 9.53 Å². The Labute approximate surface area is 144 Å². The lowest BCUT2D eigenvalue weighted by Crippen LogP contribution is -2.49. The van der Waals surface area contributed by atoms with E-state index in [1.54, 1.807) is 7.11 Å². The number of ether oxygens (including phenoxy) is 1. The van der Waals surface area contributed by atoms with E-state index in [0.29, 0.717) is 12.5 Å². The zero-order valence-electron chi connectivity index (χ0n) is 13.7. The summed E-state index contributed by atoms with van der Waals surface area (Å²) in [5.41, 5.74) is 1.05. The molecule has 0 aromatic heterocycles. The quantitative estimate of drug-likeness (QED) is 0.894. The molecule has 6 heteroatoms. The van der Waals surface area contributed by atoms with Gasteiger partial charge in [0.25, 0.3) is 0 Å². The van der Waals surface area contributed by atoms with Crippen LogP contribution in [0, 0.1) is 0 Å². The van der Waals surface area contributed by atoms with Gasteiger partial charge in [0.05, 0.1) is 13.5 Å². The minimum Gasteiger partial charge on any atom is -0.497 e. The van der Waals surface area contributed by atoms with E-state index in [0.717, 1.165) is 57.0 Å². The van der Waals surface area contributed by atoms with Gasteiger partial charge in [0.1, 0.15) is 5.75 Å². The SMILES string of the molecule is COc1ccc(CC(=O)N2CCC(N3CCNCC3)C2)cc1.Cl. The number of nitrogens with zero attached hydrogens (tertiary/aromatic N) is 2. The van der Waals surface area contributed by atoms with Crippen molar-refractivity contribution in [1.82, 2.24) is 15.1 Å². The van der Waals surface area contributed by atoms with Crippen molar-refractivity contribution in [1.29, 1.82) is 0 Å². The average Bonchev–Trinajstić information content (AvgIpc) is 3.06. The highest BCUT2D eigenvalue weighted by molar-refractivity contribution is 5.85. The van der Waals surface area contributed by atoms with E-state index in [-0.39, 0.29) is 18.3 Å². The maximum absolute atomic E-state index is 12.5. The Morgan fingerprint density at radius 3 is 2.57 bits per heavy atom. The second kappa shape index (κ2) is 8.52. The molecule has 5 nitrogen and oxygen atoms in total. The van der Waals surface area contributed by atoms with Crippen molar-refractivity contribution in [2.24, 2.45) is 0 Å². The van der Waals surface area contributed by atoms with Gasteiger partial charge in [-0.3, -0.25) is 9.69 Å². The molecule has 0 spiro atoms. The summed E-state index contributed by atoms with van der Waals surface area (Å²) in [4.78, 5) is 17.0. The first-order valence-electron chi connectivity index (χ1n) is 8.12. The number of hydrogen-bond donors (Lipinski definition) is 1. The summed E-state index contributed by atoms with van der Waals surface area (Å²) >= 11 is 0. The van der Waals surface area contributed by atoms with Crippen LogP contribution in [0.4, 0.5) is 0 Å². The van der Waals surface area contributed by atoms with Crippen LogP contribution in [0.25, 0.3) is 0 Å². The highest BCUT2D eigenvalue weighted by Crippen LogP contribution is 2.18. The first kappa shape index (κ1) is 18.0. The number of likely N-dealkylation sites (tertiary alicyclic amines) is 1. The second-order valence-corrected chi connectivity index (χ2v) is 6.09. The third-order valence-corrected chi connectivity index (χ3v) is 4.70. The van der Waals surface area contributed by atoms with E-state index in [1.807, 2.05) is 29.2 Å². The molecule has 1 aromatic rings. The molecule has 2 heterocycles. The summed E-state index contributed by atoms with van der Waals surface area (Å²) in [6, 6.07) is 8.31. The fraction of sp³-hybridized carbons (Fsp3) is 0.588. The Kier molecular flexibility index (Phi) is 6.69. The van der Waals surface area contributed by atoms with Crippen LogP contribution < -0.4 is 10.1 Å². The lowest BCUT2D eigenvalue weighted by Gasteiger charge is -2.32. The summed E-state index contributed by atoms with van der Waals surface area (Å²) in [6.07, 6.45) is 1.59. The predicted molar refractivity (Wildman–Crippen MR) is 93.4 cm³/mol. The average molecular weight is 340 g/mol. The number of methoxy groups -OCH3 is 1. The molecule has 1 unspecified atom stereocenters. The summed E-state index contributed by atoms with van der Waals surface area (Å²) < 4.78 is 5.15. The fourth-order valence-corrected chi connectivity index (χ4v) is 3.34. The van der Waals surface area contributed by atoms with Gasteiger partial charge in [-0.05, 0) is 24.1 Å². The summed E-state index contributed by atoms with van der Waals surface area (Å²) in [6.45, 7) is 6.11. The van der Waals surface area contributed by atoms with Crippen LogP contribution in [0.5, 0.6) is 5.75 Å². The minimum atomic E-state index is 0. The molecule has 3 rings (SSSR count). The summed E-state index contributed by atoms with van der Waals surface area (Å²) in [7, 11) is 1.65. The minimum absolute atomic E-state index is 0. The molecule has 1 N–H and O–H groups in total. The number of carbonyl (C=O) groups is 1. The molecule has 128 valence electrons. The van der Waals surface area contributed by atoms with Crippen LogP contribution in [-0.4, -0.2) is 68.1 Å². The van der Waals surface area contributed by atoms with Crippen molar-refractivity contribution in [3.05, 3.63) is 29.8 Å². The number of benzene rings is 1. The number of rotatable bonds is 4. The smallest absolute Gasteiger partial charge is 0.227 e. The molecule has 2 fully saturated rings. The lowest BCUT2D eigenvalue weighted by atomic mass is 10.1. The van der Waals surface area contributed by atoms with Gasteiger partial charge in [0, 0.05) is 45.3 Å². The molecular formula is C17H26ClN3O2. The molecule has 1 amide bonds. The van der Waals surface area contributed by atoms with E-state index in [2.05, 4.69) is 10.2 Å². The molecule has 0 bridgehead atoms. The molecule has 0 saturated carbocycles. The molecule has 2 aliphatic heterocycles. The Morgan fingerprint density at radius 2 is 1.91 bits per heavy atom. The van der Waals surface area contributed by atoms with Gasteiger partial charge < -0.3 is 15.0 Å². The van der Waals surface area contributed by atoms with Crippen molar-refractivity contribution in [2.75, 3.05) is 46.4 Å². The second-order valence-electron chi connectivity index (χ2n) is 6.09. The van der Waals surface area contributed by atoms with Gasteiger partial charge in [-0.15, -0.1) is 12.4 Å². The van der Waals surface area contributed by atoms with E-state index in [9.17, 15) is 4.79 Å². The molecule has 23 heavy (non-hydrogen) atoms. The first-order valence-corrected chi connectivity index (χ1v) is 8.12. The van der Waals surface area contributed by atoms with Crippen LogP contribution >= 0.6 is 12.4 Å². The van der Waals surface area contributed by atoms with Crippen LogP contribution in [0.2, 0.25) is 0 Å². The van der Waals surface area contributed by atoms with E-state index in [4.69, 9.17) is 4.74 Å². The lowest BCUT2D eigenvalue weighted by molar-refractivity contribution is -0.129. The van der Waals surface area contributed by atoms with Crippen molar-refractivity contribution >= 4 is 18.3 Å². The van der Waals surface area contributed by atoms with Gasteiger partial charge in [-0.1, -0.05) is 12.1 Å². The Balaban J connectivity index is 0.00000192. The number of amides is 1. The number of carbonyl (C=O) groups excluding carboxylic acids is 1.